The maximum Gasteiger partial charge on any atom is 1.00 e. The second kappa shape index (κ2) is 10.7. The first kappa shape index (κ1) is 23.3. The van der Waals surface area contributed by atoms with E-state index in [0.29, 0.717) is 5.56 Å². The molecular formula is C13H13NaO9. The van der Waals surface area contributed by atoms with E-state index in [1.807, 2.05) is 0 Å². The van der Waals surface area contributed by atoms with Gasteiger partial charge in [-0.1, -0.05) is 18.2 Å². The number of hydrogen-bond donors (Lipinski definition) is 4. The molecule has 0 radical (unpaired) electrons. The van der Waals surface area contributed by atoms with Crippen LogP contribution in [0.2, 0.25) is 0 Å². The van der Waals surface area contributed by atoms with Gasteiger partial charge in [0.2, 0.25) is 0 Å². The molecule has 9 nitrogen and oxygen atoms in total. The first-order valence-electron chi connectivity index (χ1n) is 5.74. The first-order valence-corrected chi connectivity index (χ1v) is 5.74. The van der Waals surface area contributed by atoms with Crippen LogP contribution in [-0.4, -0.2) is 49.9 Å². The van der Waals surface area contributed by atoms with Crippen LogP contribution in [0.1, 0.15) is 23.2 Å². The third-order valence-electron chi connectivity index (χ3n) is 2.30. The van der Waals surface area contributed by atoms with Crippen molar-refractivity contribution in [3.8, 4) is 0 Å². The largest absolute Gasteiger partial charge is 1.00 e. The number of aliphatic carboxylic acids is 3. The molecule has 23 heavy (non-hydrogen) atoms. The number of hydrogen-bond acceptors (Lipinski definition) is 6. The van der Waals surface area contributed by atoms with Gasteiger partial charge in [0, 0.05) is 12.4 Å². The number of benzene rings is 1. The molecule has 0 fully saturated rings. The van der Waals surface area contributed by atoms with Crippen molar-refractivity contribution in [1.82, 2.24) is 0 Å². The molecule has 4 N–H and O–H groups in total. The van der Waals surface area contributed by atoms with Crippen LogP contribution in [0.15, 0.2) is 30.3 Å². The molecule has 0 heterocycles. The molecule has 0 aromatic heterocycles. The zero-order valence-corrected chi connectivity index (χ0v) is 14.1. The average Bonchev–Trinajstić information content (AvgIpc) is 2.38. The van der Waals surface area contributed by atoms with Gasteiger partial charge in [-0.25, -0.2) is 9.59 Å². The monoisotopic (exact) mass is 336 g/mol. The fourth-order valence-electron chi connectivity index (χ4n) is 1.28. The minimum Gasteiger partial charge on any atom is -0.550 e. The van der Waals surface area contributed by atoms with Crippen molar-refractivity contribution >= 4 is 23.9 Å². The van der Waals surface area contributed by atoms with Crippen molar-refractivity contribution in [1.29, 1.82) is 0 Å². The third kappa shape index (κ3) is 9.63. The van der Waals surface area contributed by atoms with Crippen molar-refractivity contribution < 1.29 is 74.3 Å². The van der Waals surface area contributed by atoms with Crippen LogP contribution < -0.4 is 34.7 Å². The van der Waals surface area contributed by atoms with Crippen LogP contribution in [0, 0.1) is 0 Å². The molecular weight excluding hydrogens is 323 g/mol. The van der Waals surface area contributed by atoms with Gasteiger partial charge < -0.3 is 30.3 Å². The van der Waals surface area contributed by atoms with Crippen molar-refractivity contribution in [2.75, 3.05) is 0 Å². The summed E-state index contributed by atoms with van der Waals surface area (Å²) in [5.74, 6) is -6.22. The van der Waals surface area contributed by atoms with E-state index in [0.717, 1.165) is 0 Å². The summed E-state index contributed by atoms with van der Waals surface area (Å²) in [7, 11) is 0. The van der Waals surface area contributed by atoms with E-state index in [9.17, 15) is 24.3 Å². The van der Waals surface area contributed by atoms with Crippen LogP contribution in [0.5, 0.6) is 0 Å². The smallest absolute Gasteiger partial charge is 0.550 e. The predicted molar refractivity (Wildman–Crippen MR) is 67.9 cm³/mol. The molecule has 0 amide bonds. The molecule has 0 saturated carbocycles. The number of aromatic carboxylic acids is 1. The summed E-state index contributed by atoms with van der Waals surface area (Å²) in [4.78, 5) is 40.5. The second-order valence-corrected chi connectivity index (χ2v) is 4.13. The van der Waals surface area contributed by atoms with Gasteiger partial charge in [0.05, 0.1) is 12.0 Å². The molecule has 1 unspecified atom stereocenters. The fraction of sp³-hybridized carbons (Fsp3) is 0.231. The Morgan fingerprint density at radius 1 is 0.957 bits per heavy atom. The molecule has 1 aromatic carbocycles. The van der Waals surface area contributed by atoms with Gasteiger partial charge in [-0.05, 0) is 12.1 Å². The molecule has 0 aliphatic carbocycles. The van der Waals surface area contributed by atoms with Crippen molar-refractivity contribution in [2.45, 2.75) is 18.4 Å². The summed E-state index contributed by atoms with van der Waals surface area (Å²) < 4.78 is 0. The van der Waals surface area contributed by atoms with E-state index in [1.54, 1.807) is 30.3 Å². The van der Waals surface area contributed by atoms with Crippen LogP contribution >= 0.6 is 0 Å². The second-order valence-electron chi connectivity index (χ2n) is 4.13. The van der Waals surface area contributed by atoms with Gasteiger partial charge >= 0.3 is 47.5 Å². The molecule has 120 valence electrons. The molecule has 0 bridgehead atoms. The Labute approximate surface area is 152 Å². The number of carboxylic acid groups (broad SMARTS) is 4. The summed E-state index contributed by atoms with van der Waals surface area (Å²) in [5, 5.41) is 43.9. The zero-order chi connectivity index (χ0) is 17.3. The van der Waals surface area contributed by atoms with Gasteiger partial charge in [0.25, 0.3) is 0 Å². The minimum absolute atomic E-state index is 0. The summed E-state index contributed by atoms with van der Waals surface area (Å²) >= 11 is 0. The molecule has 10 heteroatoms. The Bertz CT molecular complexity index is 540. The Balaban J connectivity index is 0. The number of carbonyl (C=O) groups is 4. The van der Waals surface area contributed by atoms with Crippen LogP contribution in [0.4, 0.5) is 0 Å². The molecule has 1 atom stereocenters. The third-order valence-corrected chi connectivity index (χ3v) is 2.30. The van der Waals surface area contributed by atoms with Gasteiger partial charge in [0.1, 0.15) is 0 Å². The Morgan fingerprint density at radius 2 is 1.43 bits per heavy atom. The van der Waals surface area contributed by atoms with Gasteiger partial charge in [-0.3, -0.25) is 4.79 Å². The standard InChI is InChI=1S/C7H6O2.C6H8O7.Na/c8-7(9)6-4-2-1-3-5-6;7-3(8)1-6(13,5(11)12)2-4(9)10;/h1-5H,(H,8,9);13H,1-2H2,(H,7,8)(H,9,10)(H,11,12);/q;;+1/p-1. The maximum absolute atomic E-state index is 10.3. The number of carbonyl (C=O) groups excluding carboxylic acids is 1. The van der Waals surface area contributed by atoms with E-state index >= 15 is 0 Å². The zero-order valence-electron chi connectivity index (χ0n) is 12.1. The minimum atomic E-state index is -2.80. The van der Waals surface area contributed by atoms with E-state index in [-0.39, 0.29) is 29.6 Å². The first-order chi connectivity index (χ1) is 10.1. The molecule has 0 saturated heterocycles. The Morgan fingerprint density at radius 3 is 1.70 bits per heavy atom. The molecule has 1 aromatic rings. The predicted octanol–water partition coefficient (Wildman–Crippen LogP) is -4.19. The number of aliphatic hydroxyl groups is 1. The van der Waals surface area contributed by atoms with E-state index in [1.165, 1.54) is 0 Å². The van der Waals surface area contributed by atoms with Crippen LogP contribution in [-0.2, 0) is 14.4 Å². The van der Waals surface area contributed by atoms with Crippen molar-refractivity contribution in [3.05, 3.63) is 35.9 Å². The average molecular weight is 336 g/mol. The van der Waals surface area contributed by atoms with Gasteiger partial charge in [-0.15, -0.1) is 0 Å². The van der Waals surface area contributed by atoms with Crippen LogP contribution in [0.25, 0.3) is 0 Å². The van der Waals surface area contributed by atoms with E-state index in [4.69, 9.17) is 20.4 Å². The molecule has 0 spiro atoms. The molecule has 0 aliphatic rings. The summed E-state index contributed by atoms with van der Waals surface area (Å²) in [6.45, 7) is 0. The van der Waals surface area contributed by atoms with Gasteiger partial charge in [0.15, 0.2) is 5.60 Å². The van der Waals surface area contributed by atoms with Gasteiger partial charge in [-0.2, -0.15) is 0 Å². The van der Waals surface area contributed by atoms with Crippen LogP contribution in [0.3, 0.4) is 0 Å². The summed E-state index contributed by atoms with van der Waals surface area (Å²) in [5.41, 5.74) is -2.47. The normalized spacial score (nSPS) is 11.7. The topological polar surface area (TPSA) is 172 Å². The van der Waals surface area contributed by atoms with E-state index < -0.39 is 42.3 Å². The Hall–Kier alpha value is -1.94. The Kier molecular flexibility index (Phi) is 10.9. The molecule has 0 aliphatic heterocycles. The maximum atomic E-state index is 10.3. The SMILES string of the molecule is O=C(O)c1ccccc1.O=C([O-])CC(O)(CC(=O)O)C(=O)O.[Na+]. The van der Waals surface area contributed by atoms with Crippen molar-refractivity contribution in [2.24, 2.45) is 0 Å². The summed E-state index contributed by atoms with van der Waals surface area (Å²) in [6.07, 6.45) is -2.44. The van der Waals surface area contributed by atoms with E-state index in [2.05, 4.69) is 0 Å². The molecule has 1 rings (SSSR count). The van der Waals surface area contributed by atoms with Crippen molar-refractivity contribution in [3.63, 3.8) is 0 Å². The quantitative estimate of drug-likeness (QED) is 0.376. The number of rotatable bonds is 6. The fourth-order valence-corrected chi connectivity index (χ4v) is 1.28. The number of carboxylic acids is 4. The summed E-state index contributed by atoms with van der Waals surface area (Å²) in [6, 6.07) is 8.30.